The molecule has 1 N–H and O–H groups in total. The molecule has 1 heterocycles. The van der Waals surface area contributed by atoms with Crippen molar-refractivity contribution in [3.63, 3.8) is 0 Å². The third-order valence-corrected chi connectivity index (χ3v) is 3.59. The van der Waals surface area contributed by atoms with Crippen molar-refractivity contribution in [1.82, 2.24) is 10.2 Å². The van der Waals surface area contributed by atoms with Crippen LogP contribution in [0.1, 0.15) is 5.56 Å². The molecule has 0 amide bonds. The molecule has 104 valence electrons. The van der Waals surface area contributed by atoms with E-state index in [0.29, 0.717) is 21.4 Å². The Balaban J connectivity index is 1.88. The Kier molecular flexibility index (Phi) is 3.99. The van der Waals surface area contributed by atoms with Gasteiger partial charge in [0.05, 0.1) is 22.5 Å². The van der Waals surface area contributed by atoms with Crippen LogP contribution < -0.4 is 5.43 Å². The van der Waals surface area contributed by atoms with E-state index in [9.17, 15) is 0 Å². The van der Waals surface area contributed by atoms with Crippen LogP contribution in [0, 0.1) is 0 Å². The molecule has 21 heavy (non-hydrogen) atoms. The van der Waals surface area contributed by atoms with Crippen molar-refractivity contribution in [2.24, 2.45) is 5.10 Å². The number of hydrogen-bond donors (Lipinski definition) is 1. The number of rotatable bonds is 3. The minimum Gasteiger partial charge on any atom is -0.259 e. The Hall–Kier alpha value is -2.17. The lowest BCUT2D eigenvalue weighted by Gasteiger charge is -2.04. The summed E-state index contributed by atoms with van der Waals surface area (Å²) in [6.07, 6.45) is 3.27. The molecule has 4 nitrogen and oxygen atoms in total. The van der Waals surface area contributed by atoms with E-state index in [-0.39, 0.29) is 0 Å². The molecule has 0 spiro atoms. The summed E-state index contributed by atoms with van der Waals surface area (Å²) in [5.41, 5.74) is 3.52. The summed E-state index contributed by atoms with van der Waals surface area (Å²) in [6, 6.07) is 13.1. The van der Waals surface area contributed by atoms with Gasteiger partial charge in [-0.1, -0.05) is 53.5 Å². The Morgan fingerprint density at radius 1 is 1.00 bits per heavy atom. The first-order valence-electron chi connectivity index (χ1n) is 6.19. The van der Waals surface area contributed by atoms with Crippen LogP contribution in [0.3, 0.4) is 0 Å². The van der Waals surface area contributed by atoms with Gasteiger partial charge in [-0.15, -0.1) is 5.10 Å². The smallest absolute Gasteiger partial charge is 0.176 e. The first-order valence-corrected chi connectivity index (χ1v) is 6.95. The van der Waals surface area contributed by atoms with Gasteiger partial charge in [-0.05, 0) is 12.1 Å². The lowest BCUT2D eigenvalue weighted by Crippen LogP contribution is -1.97. The van der Waals surface area contributed by atoms with Gasteiger partial charge < -0.3 is 0 Å². The third kappa shape index (κ3) is 2.96. The fourth-order valence-corrected chi connectivity index (χ4v) is 2.40. The fourth-order valence-electron chi connectivity index (χ4n) is 1.90. The normalized spacial score (nSPS) is 11.1. The van der Waals surface area contributed by atoms with E-state index < -0.39 is 0 Å². The highest BCUT2D eigenvalue weighted by Crippen LogP contribution is 2.23. The van der Waals surface area contributed by atoms with Gasteiger partial charge in [-0.2, -0.15) is 10.2 Å². The second-order valence-electron chi connectivity index (χ2n) is 4.29. The van der Waals surface area contributed by atoms with Crippen LogP contribution >= 0.6 is 23.2 Å². The number of fused-ring (bicyclic) bond motifs is 1. The molecule has 0 radical (unpaired) electrons. The van der Waals surface area contributed by atoms with E-state index in [0.717, 1.165) is 10.8 Å². The maximum atomic E-state index is 6.07. The highest BCUT2D eigenvalue weighted by molar-refractivity contribution is 6.38. The van der Waals surface area contributed by atoms with Crippen LogP contribution in [0.2, 0.25) is 10.0 Å². The zero-order valence-corrected chi connectivity index (χ0v) is 12.3. The highest BCUT2D eigenvalue weighted by Gasteiger charge is 2.03. The van der Waals surface area contributed by atoms with Crippen LogP contribution in [0.5, 0.6) is 0 Å². The summed E-state index contributed by atoms with van der Waals surface area (Å²) in [4.78, 5) is 0. The summed E-state index contributed by atoms with van der Waals surface area (Å²) in [5.74, 6) is 0.576. The van der Waals surface area contributed by atoms with Gasteiger partial charge in [0.15, 0.2) is 5.82 Å². The largest absolute Gasteiger partial charge is 0.259 e. The fraction of sp³-hybridized carbons (Fsp3) is 0. The number of benzene rings is 2. The minimum absolute atomic E-state index is 0.539. The molecule has 0 saturated carbocycles. The number of hydrazone groups is 1. The summed E-state index contributed by atoms with van der Waals surface area (Å²) in [5, 5.41) is 15.1. The third-order valence-electron chi connectivity index (χ3n) is 2.93. The molecular formula is C15H10Cl2N4. The summed E-state index contributed by atoms with van der Waals surface area (Å²) in [7, 11) is 0. The van der Waals surface area contributed by atoms with E-state index in [4.69, 9.17) is 23.2 Å². The number of nitrogens with one attached hydrogen (secondary N) is 1. The molecule has 3 aromatic rings. The number of anilines is 1. The average molecular weight is 317 g/mol. The molecule has 0 unspecified atom stereocenters. The number of halogens is 2. The van der Waals surface area contributed by atoms with Gasteiger partial charge in [0.1, 0.15) is 0 Å². The van der Waals surface area contributed by atoms with Gasteiger partial charge in [0, 0.05) is 16.3 Å². The lowest BCUT2D eigenvalue weighted by atomic mass is 10.2. The van der Waals surface area contributed by atoms with Crippen molar-refractivity contribution < 1.29 is 0 Å². The van der Waals surface area contributed by atoms with Crippen molar-refractivity contribution in [3.8, 4) is 0 Å². The minimum atomic E-state index is 0.539. The summed E-state index contributed by atoms with van der Waals surface area (Å²) >= 11 is 12.1. The quantitative estimate of drug-likeness (QED) is 0.576. The van der Waals surface area contributed by atoms with Crippen molar-refractivity contribution in [2.45, 2.75) is 0 Å². The first-order chi connectivity index (χ1) is 10.3. The molecule has 0 fully saturated rings. The van der Waals surface area contributed by atoms with Crippen LogP contribution in [0.15, 0.2) is 53.8 Å². The molecule has 0 aliphatic rings. The Morgan fingerprint density at radius 3 is 2.57 bits per heavy atom. The van der Waals surface area contributed by atoms with E-state index in [2.05, 4.69) is 20.7 Å². The molecule has 3 rings (SSSR count). The van der Waals surface area contributed by atoms with E-state index >= 15 is 0 Å². The molecule has 0 atom stereocenters. The van der Waals surface area contributed by atoms with Crippen molar-refractivity contribution in [3.05, 3.63) is 64.3 Å². The van der Waals surface area contributed by atoms with Crippen LogP contribution in [-0.2, 0) is 0 Å². The highest BCUT2D eigenvalue weighted by atomic mass is 35.5. The second kappa shape index (κ2) is 6.08. The molecular weight excluding hydrogens is 307 g/mol. The van der Waals surface area contributed by atoms with Crippen molar-refractivity contribution >= 4 is 46.0 Å². The van der Waals surface area contributed by atoms with Gasteiger partial charge in [-0.3, -0.25) is 5.43 Å². The SMILES string of the molecule is Clc1cccc(Cl)c1C=NNc1nncc2ccccc12. The van der Waals surface area contributed by atoms with Crippen LogP contribution in [0.25, 0.3) is 10.8 Å². The van der Waals surface area contributed by atoms with E-state index in [1.165, 1.54) is 0 Å². The molecule has 0 bridgehead atoms. The molecule has 2 aromatic carbocycles. The molecule has 0 aliphatic carbocycles. The predicted molar refractivity (Wildman–Crippen MR) is 87.2 cm³/mol. The van der Waals surface area contributed by atoms with Crippen molar-refractivity contribution in [1.29, 1.82) is 0 Å². The standard InChI is InChI=1S/C15H10Cl2N4/c16-13-6-3-7-14(17)12(13)9-19-21-15-11-5-2-1-4-10(11)8-18-20-15/h1-9H,(H,20,21). The number of nitrogens with zero attached hydrogens (tertiary/aromatic N) is 3. The maximum absolute atomic E-state index is 6.07. The topological polar surface area (TPSA) is 50.2 Å². The Labute approximate surface area is 131 Å². The maximum Gasteiger partial charge on any atom is 0.176 e. The van der Waals surface area contributed by atoms with Gasteiger partial charge in [0.25, 0.3) is 0 Å². The number of aromatic nitrogens is 2. The van der Waals surface area contributed by atoms with E-state index in [1.54, 1.807) is 30.6 Å². The van der Waals surface area contributed by atoms with Crippen LogP contribution in [0.4, 0.5) is 5.82 Å². The molecule has 0 aliphatic heterocycles. The summed E-state index contributed by atoms with van der Waals surface area (Å²) in [6.45, 7) is 0. The first kappa shape index (κ1) is 13.8. The van der Waals surface area contributed by atoms with Gasteiger partial charge in [0.2, 0.25) is 0 Å². The van der Waals surface area contributed by atoms with Crippen molar-refractivity contribution in [2.75, 3.05) is 5.43 Å². The molecule has 6 heteroatoms. The second-order valence-corrected chi connectivity index (χ2v) is 5.10. The summed E-state index contributed by atoms with van der Waals surface area (Å²) < 4.78 is 0. The lowest BCUT2D eigenvalue weighted by molar-refractivity contribution is 1.04. The van der Waals surface area contributed by atoms with E-state index in [1.807, 2.05) is 24.3 Å². The monoisotopic (exact) mass is 316 g/mol. The van der Waals surface area contributed by atoms with Gasteiger partial charge >= 0.3 is 0 Å². The predicted octanol–water partition coefficient (Wildman–Crippen LogP) is 4.38. The molecule has 1 aromatic heterocycles. The van der Waals surface area contributed by atoms with Crippen LogP contribution in [-0.4, -0.2) is 16.4 Å². The Bertz CT molecular complexity index is 792. The Morgan fingerprint density at radius 2 is 1.76 bits per heavy atom. The molecule has 0 saturated heterocycles. The zero-order chi connectivity index (χ0) is 14.7. The zero-order valence-electron chi connectivity index (χ0n) is 10.8. The number of hydrogen-bond acceptors (Lipinski definition) is 4. The van der Waals surface area contributed by atoms with Gasteiger partial charge in [-0.25, -0.2) is 0 Å². The average Bonchev–Trinajstić information content (AvgIpc) is 2.50.